The minimum atomic E-state index is -2.46. The molecule has 2 aromatic heterocycles. The van der Waals surface area contributed by atoms with E-state index < -0.39 is 7.14 Å². The second kappa shape index (κ2) is 6.75. The lowest BCUT2D eigenvalue weighted by Gasteiger charge is -2.12. The summed E-state index contributed by atoms with van der Waals surface area (Å²) in [6.45, 7) is 2.31. The van der Waals surface area contributed by atoms with E-state index in [9.17, 15) is 4.57 Å². The van der Waals surface area contributed by atoms with Gasteiger partial charge in [-0.15, -0.1) is 0 Å². The smallest absolute Gasteiger partial charge is 0.133 e. The van der Waals surface area contributed by atoms with E-state index in [0.29, 0.717) is 13.2 Å². The molecule has 0 aliphatic heterocycles. The Morgan fingerprint density at radius 2 is 1.47 bits per heavy atom. The molecule has 104 valence electrons. The van der Waals surface area contributed by atoms with Gasteiger partial charge in [0.1, 0.15) is 44.6 Å². The summed E-state index contributed by atoms with van der Waals surface area (Å²) in [5.41, 5.74) is 0. The van der Waals surface area contributed by atoms with E-state index in [1.54, 1.807) is 31.3 Å². The summed E-state index contributed by atoms with van der Waals surface area (Å²) in [7, 11) is -2.46. The van der Waals surface area contributed by atoms with Crippen molar-refractivity contribution in [2.24, 2.45) is 0 Å². The van der Waals surface area contributed by atoms with Crippen LogP contribution in [0.3, 0.4) is 0 Å². The van der Waals surface area contributed by atoms with Crippen LogP contribution in [0.5, 0.6) is 0 Å². The first kappa shape index (κ1) is 14.1. The van der Waals surface area contributed by atoms with E-state index >= 15 is 0 Å². The van der Waals surface area contributed by atoms with E-state index in [1.165, 1.54) is 0 Å². The van der Waals surface area contributed by atoms with Crippen molar-refractivity contribution in [2.45, 2.75) is 13.2 Å². The van der Waals surface area contributed by atoms with Crippen LogP contribution in [0.1, 0.15) is 11.5 Å². The molecule has 0 unspecified atom stereocenters. The van der Waals surface area contributed by atoms with E-state index in [0.717, 1.165) is 11.5 Å². The predicted molar refractivity (Wildman–Crippen MR) is 70.3 cm³/mol. The van der Waals surface area contributed by atoms with Gasteiger partial charge in [0.05, 0.1) is 12.5 Å². The Morgan fingerprint density at radius 3 is 1.84 bits per heavy atom. The zero-order valence-corrected chi connectivity index (χ0v) is 11.7. The van der Waals surface area contributed by atoms with Crippen LogP contribution in [0.4, 0.5) is 0 Å². The third-order valence-corrected chi connectivity index (χ3v) is 3.84. The van der Waals surface area contributed by atoms with Gasteiger partial charge in [-0.3, -0.25) is 0 Å². The molecule has 19 heavy (non-hydrogen) atoms. The summed E-state index contributed by atoms with van der Waals surface area (Å²) in [4.78, 5) is 0. The molecule has 0 radical (unpaired) electrons. The minimum Gasteiger partial charge on any atom is -0.467 e. The van der Waals surface area contributed by atoms with Gasteiger partial charge in [0.15, 0.2) is 0 Å². The van der Waals surface area contributed by atoms with Gasteiger partial charge in [-0.25, -0.2) is 0 Å². The quantitative estimate of drug-likeness (QED) is 0.694. The zero-order chi connectivity index (χ0) is 13.6. The standard InChI is InChI=1S/C13H17O5P/c1-19(14,10-15-8-12-4-2-6-17-12)11-16-9-13-5-3-7-18-13/h2-7H,8-11H2,1H3. The highest BCUT2D eigenvalue weighted by Gasteiger charge is 2.16. The van der Waals surface area contributed by atoms with Gasteiger partial charge in [-0.05, 0) is 30.9 Å². The number of hydrogen-bond acceptors (Lipinski definition) is 5. The molecule has 0 saturated heterocycles. The summed E-state index contributed by atoms with van der Waals surface area (Å²) in [6, 6.07) is 7.20. The average molecular weight is 284 g/mol. The summed E-state index contributed by atoms with van der Waals surface area (Å²) in [5, 5.41) is 0. The summed E-state index contributed by atoms with van der Waals surface area (Å²) in [6.07, 6.45) is 3.51. The SMILES string of the molecule is CP(=O)(COCc1ccco1)COCc1ccco1. The highest BCUT2D eigenvalue weighted by atomic mass is 31.2. The molecule has 2 heterocycles. The molecule has 2 rings (SSSR count). The molecule has 6 heteroatoms. The molecule has 0 bridgehead atoms. The Morgan fingerprint density at radius 1 is 1.00 bits per heavy atom. The normalized spacial score (nSPS) is 11.8. The van der Waals surface area contributed by atoms with Gasteiger partial charge in [-0.2, -0.15) is 0 Å². The van der Waals surface area contributed by atoms with Crippen molar-refractivity contribution in [1.82, 2.24) is 0 Å². The third-order valence-electron chi connectivity index (χ3n) is 2.38. The largest absolute Gasteiger partial charge is 0.467 e. The fourth-order valence-corrected chi connectivity index (χ4v) is 2.53. The summed E-state index contributed by atoms with van der Waals surface area (Å²) < 4.78 is 33.1. The Bertz CT molecular complexity index is 459. The molecule has 0 spiro atoms. The van der Waals surface area contributed by atoms with Crippen LogP contribution < -0.4 is 0 Å². The lowest BCUT2D eigenvalue weighted by molar-refractivity contribution is 0.125. The molecule has 0 amide bonds. The first-order valence-electron chi connectivity index (χ1n) is 5.91. The first-order valence-corrected chi connectivity index (χ1v) is 8.44. The predicted octanol–water partition coefficient (Wildman–Crippen LogP) is 3.51. The van der Waals surface area contributed by atoms with Crippen LogP contribution in [0.15, 0.2) is 45.6 Å². The fraction of sp³-hybridized carbons (Fsp3) is 0.385. The Kier molecular flexibility index (Phi) is 5.02. The number of hydrogen-bond donors (Lipinski definition) is 0. The van der Waals surface area contributed by atoms with Crippen molar-refractivity contribution in [1.29, 1.82) is 0 Å². The molecule has 0 aliphatic carbocycles. The number of furan rings is 2. The molecule has 0 N–H and O–H groups in total. The summed E-state index contributed by atoms with van der Waals surface area (Å²) in [5.74, 6) is 1.44. The second-order valence-corrected chi connectivity index (χ2v) is 7.52. The van der Waals surface area contributed by atoms with Crippen molar-refractivity contribution in [3.05, 3.63) is 48.3 Å². The summed E-state index contributed by atoms with van der Waals surface area (Å²) >= 11 is 0. The van der Waals surface area contributed by atoms with Gasteiger partial charge in [0.25, 0.3) is 0 Å². The van der Waals surface area contributed by atoms with E-state index in [4.69, 9.17) is 18.3 Å². The van der Waals surface area contributed by atoms with Crippen LogP contribution in [0, 0.1) is 0 Å². The van der Waals surface area contributed by atoms with E-state index in [1.807, 2.05) is 12.1 Å². The van der Waals surface area contributed by atoms with Gasteiger partial charge < -0.3 is 22.9 Å². The van der Waals surface area contributed by atoms with Crippen molar-refractivity contribution in [3.8, 4) is 0 Å². The zero-order valence-electron chi connectivity index (χ0n) is 10.8. The average Bonchev–Trinajstić information content (AvgIpc) is 3.01. The van der Waals surface area contributed by atoms with Gasteiger partial charge in [0.2, 0.25) is 0 Å². The van der Waals surface area contributed by atoms with Crippen LogP contribution in [0.25, 0.3) is 0 Å². The maximum absolute atomic E-state index is 12.2. The van der Waals surface area contributed by atoms with Crippen LogP contribution in [-0.4, -0.2) is 19.4 Å². The Balaban J connectivity index is 1.65. The van der Waals surface area contributed by atoms with Crippen LogP contribution >= 0.6 is 7.14 Å². The molecular formula is C13H17O5P. The van der Waals surface area contributed by atoms with Crippen LogP contribution in [0.2, 0.25) is 0 Å². The highest BCUT2D eigenvalue weighted by Crippen LogP contribution is 2.41. The lowest BCUT2D eigenvalue weighted by Crippen LogP contribution is -2.02. The lowest BCUT2D eigenvalue weighted by atomic mass is 10.5. The minimum absolute atomic E-state index is 0.172. The first-order chi connectivity index (χ1) is 9.16. The topological polar surface area (TPSA) is 61.8 Å². The Hall–Kier alpha value is -1.29. The van der Waals surface area contributed by atoms with Crippen molar-refractivity contribution in [2.75, 3.05) is 19.4 Å². The molecule has 0 aromatic carbocycles. The van der Waals surface area contributed by atoms with Crippen molar-refractivity contribution in [3.63, 3.8) is 0 Å². The van der Waals surface area contributed by atoms with Crippen molar-refractivity contribution < 1.29 is 22.9 Å². The van der Waals surface area contributed by atoms with Gasteiger partial charge in [-0.1, -0.05) is 0 Å². The molecular weight excluding hydrogens is 267 g/mol. The van der Waals surface area contributed by atoms with Gasteiger partial charge in [0, 0.05) is 0 Å². The number of ether oxygens (including phenoxy) is 2. The maximum Gasteiger partial charge on any atom is 0.133 e. The maximum atomic E-state index is 12.2. The Labute approximate surface area is 111 Å². The molecule has 0 fully saturated rings. The fourth-order valence-electron chi connectivity index (χ4n) is 1.51. The highest BCUT2D eigenvalue weighted by molar-refractivity contribution is 7.62. The third kappa shape index (κ3) is 5.07. The van der Waals surface area contributed by atoms with E-state index in [2.05, 4.69) is 0 Å². The second-order valence-electron chi connectivity index (χ2n) is 4.41. The molecule has 0 atom stereocenters. The molecule has 5 nitrogen and oxygen atoms in total. The van der Waals surface area contributed by atoms with E-state index in [-0.39, 0.29) is 12.7 Å². The molecule has 0 saturated carbocycles. The monoisotopic (exact) mass is 284 g/mol. The van der Waals surface area contributed by atoms with Crippen LogP contribution in [-0.2, 0) is 27.3 Å². The molecule has 0 aliphatic rings. The van der Waals surface area contributed by atoms with Gasteiger partial charge >= 0.3 is 0 Å². The number of rotatable bonds is 8. The molecule has 2 aromatic rings. The van der Waals surface area contributed by atoms with Crippen molar-refractivity contribution >= 4 is 7.14 Å².